The number of hydrogen-bond acceptors (Lipinski definition) is 5. The maximum absolute atomic E-state index is 12.0. The zero-order valence-corrected chi connectivity index (χ0v) is 11.7. The summed E-state index contributed by atoms with van der Waals surface area (Å²) in [5.74, 6) is 0.759. The van der Waals surface area contributed by atoms with Crippen LogP contribution in [0.1, 0.15) is 18.4 Å². The minimum Gasteiger partial charge on any atom is -0.486 e. The molecule has 0 aromatic heterocycles. The summed E-state index contributed by atoms with van der Waals surface area (Å²) in [6.45, 7) is 1.23. The fourth-order valence-corrected chi connectivity index (χ4v) is 2.66. The summed E-state index contributed by atoms with van der Waals surface area (Å²) < 4.78 is 10.7. The molecule has 1 aromatic carbocycles. The van der Waals surface area contributed by atoms with E-state index in [1.54, 1.807) is 11.0 Å². The smallest absolute Gasteiger partial charge is 0.414 e. The molecule has 2 aliphatic rings. The highest BCUT2D eigenvalue weighted by molar-refractivity contribution is 5.91. The average Bonchev–Trinajstić information content (AvgIpc) is 2.85. The van der Waals surface area contributed by atoms with Crippen molar-refractivity contribution < 1.29 is 19.1 Å². The number of carbonyl (C=O) groups excluding carboxylic acids is 2. The largest absolute Gasteiger partial charge is 0.486 e. The minimum atomic E-state index is -0.347. The van der Waals surface area contributed by atoms with Crippen molar-refractivity contribution in [2.45, 2.75) is 25.4 Å². The fourth-order valence-electron chi connectivity index (χ4n) is 2.66. The zero-order valence-electron chi connectivity index (χ0n) is 11.7. The second-order valence-electron chi connectivity index (χ2n) is 5.34. The molecule has 1 unspecified atom stereocenters. The van der Waals surface area contributed by atoms with Gasteiger partial charge >= 0.3 is 6.09 Å². The number of ketones is 1. The van der Waals surface area contributed by atoms with Crippen molar-refractivity contribution in [3.63, 3.8) is 0 Å². The van der Waals surface area contributed by atoms with Crippen molar-refractivity contribution in [1.29, 1.82) is 0 Å². The summed E-state index contributed by atoms with van der Waals surface area (Å²) in [5, 5.41) is 0. The maximum Gasteiger partial charge on any atom is 0.414 e. The molecule has 0 spiro atoms. The van der Waals surface area contributed by atoms with Gasteiger partial charge in [0.15, 0.2) is 5.78 Å². The molecule has 1 fully saturated rings. The molecule has 3 rings (SSSR count). The molecule has 1 aromatic rings. The van der Waals surface area contributed by atoms with Gasteiger partial charge in [0.1, 0.15) is 18.5 Å². The van der Waals surface area contributed by atoms with Crippen molar-refractivity contribution in [2.24, 2.45) is 5.73 Å². The Hall–Kier alpha value is -2.08. The summed E-state index contributed by atoms with van der Waals surface area (Å²) in [7, 11) is 0. The van der Waals surface area contributed by atoms with Crippen molar-refractivity contribution >= 4 is 17.6 Å². The van der Waals surface area contributed by atoms with Crippen LogP contribution in [-0.4, -0.2) is 37.7 Å². The minimum absolute atomic E-state index is 0.0458. The number of anilines is 1. The van der Waals surface area contributed by atoms with Crippen LogP contribution in [0.15, 0.2) is 18.2 Å². The van der Waals surface area contributed by atoms with Gasteiger partial charge in [-0.1, -0.05) is 0 Å². The van der Waals surface area contributed by atoms with Crippen LogP contribution < -0.4 is 15.4 Å². The van der Waals surface area contributed by atoms with Gasteiger partial charge in [0.2, 0.25) is 0 Å². The Morgan fingerprint density at radius 1 is 1.33 bits per heavy atom. The van der Waals surface area contributed by atoms with Crippen molar-refractivity contribution in [1.82, 2.24) is 0 Å². The van der Waals surface area contributed by atoms with E-state index in [1.165, 1.54) is 0 Å². The third kappa shape index (κ3) is 2.85. The Morgan fingerprint density at radius 3 is 3.00 bits per heavy atom. The van der Waals surface area contributed by atoms with Crippen LogP contribution in [-0.2, 0) is 16.0 Å². The molecule has 1 saturated heterocycles. The third-order valence-corrected chi connectivity index (χ3v) is 3.74. The Balaban J connectivity index is 1.76. The van der Waals surface area contributed by atoms with Gasteiger partial charge in [-0.25, -0.2) is 4.79 Å². The van der Waals surface area contributed by atoms with Crippen LogP contribution in [0.4, 0.5) is 10.5 Å². The lowest BCUT2D eigenvalue weighted by atomic mass is 10.0. The molecular formula is C15H18N2O4. The second-order valence-corrected chi connectivity index (χ2v) is 5.34. The van der Waals surface area contributed by atoms with E-state index in [0.717, 1.165) is 24.1 Å². The van der Waals surface area contributed by atoms with E-state index < -0.39 is 0 Å². The van der Waals surface area contributed by atoms with E-state index in [9.17, 15) is 9.59 Å². The molecule has 1 atom stereocenters. The number of ether oxygens (including phenoxy) is 2. The quantitative estimate of drug-likeness (QED) is 0.902. The SMILES string of the molecule is NCCCC1CN(c2ccc3c(c2)CC(=O)CO3)C(=O)O1. The molecule has 2 aliphatic heterocycles. The number of fused-ring (bicyclic) bond motifs is 1. The topological polar surface area (TPSA) is 81.9 Å². The molecule has 0 aliphatic carbocycles. The maximum atomic E-state index is 12.0. The monoisotopic (exact) mass is 290 g/mol. The van der Waals surface area contributed by atoms with E-state index in [0.29, 0.717) is 25.3 Å². The van der Waals surface area contributed by atoms with E-state index in [1.807, 2.05) is 12.1 Å². The third-order valence-electron chi connectivity index (χ3n) is 3.74. The molecule has 6 nitrogen and oxygen atoms in total. The summed E-state index contributed by atoms with van der Waals surface area (Å²) >= 11 is 0. The first-order valence-corrected chi connectivity index (χ1v) is 7.13. The summed E-state index contributed by atoms with van der Waals surface area (Å²) in [6, 6.07) is 5.46. The lowest BCUT2D eigenvalue weighted by Gasteiger charge is -2.19. The van der Waals surface area contributed by atoms with Crippen LogP contribution >= 0.6 is 0 Å². The fraction of sp³-hybridized carbons (Fsp3) is 0.467. The van der Waals surface area contributed by atoms with Crippen LogP contribution in [0.25, 0.3) is 0 Å². The van der Waals surface area contributed by atoms with Gasteiger partial charge in [0.25, 0.3) is 0 Å². The number of hydrogen-bond donors (Lipinski definition) is 1. The highest BCUT2D eigenvalue weighted by atomic mass is 16.6. The molecule has 0 radical (unpaired) electrons. The first kappa shape index (κ1) is 13.9. The second kappa shape index (κ2) is 5.73. The molecule has 0 saturated carbocycles. The van der Waals surface area contributed by atoms with Gasteiger partial charge in [-0.05, 0) is 37.6 Å². The number of amides is 1. The van der Waals surface area contributed by atoms with E-state index in [2.05, 4.69) is 0 Å². The summed E-state index contributed by atoms with van der Waals surface area (Å²) in [6.07, 6.45) is 1.49. The van der Waals surface area contributed by atoms with Gasteiger partial charge < -0.3 is 15.2 Å². The molecular weight excluding hydrogens is 272 g/mol. The van der Waals surface area contributed by atoms with Gasteiger partial charge in [-0.2, -0.15) is 0 Å². The predicted molar refractivity (Wildman–Crippen MR) is 76.6 cm³/mol. The highest BCUT2D eigenvalue weighted by Crippen LogP contribution is 2.30. The van der Waals surface area contributed by atoms with Crippen LogP contribution in [0.2, 0.25) is 0 Å². The molecule has 6 heteroatoms. The number of Topliss-reactive ketones (excluding diaryl/α,β-unsaturated/α-hetero) is 1. The number of nitrogens with two attached hydrogens (primary N) is 1. The predicted octanol–water partition coefficient (Wildman–Crippen LogP) is 1.25. The Kier molecular flexibility index (Phi) is 3.79. The Morgan fingerprint density at radius 2 is 2.19 bits per heavy atom. The van der Waals surface area contributed by atoms with E-state index in [-0.39, 0.29) is 24.6 Å². The van der Waals surface area contributed by atoms with Crippen LogP contribution in [0, 0.1) is 0 Å². The first-order valence-electron chi connectivity index (χ1n) is 7.13. The van der Waals surface area contributed by atoms with Gasteiger partial charge in [-0.15, -0.1) is 0 Å². The van der Waals surface area contributed by atoms with Crippen LogP contribution in [0.3, 0.4) is 0 Å². The number of carbonyl (C=O) groups is 2. The number of cyclic esters (lactones) is 1. The zero-order chi connectivity index (χ0) is 14.8. The number of nitrogens with zero attached hydrogens (tertiary/aromatic N) is 1. The normalized spacial score (nSPS) is 21.0. The van der Waals surface area contributed by atoms with E-state index >= 15 is 0 Å². The van der Waals surface area contributed by atoms with E-state index in [4.69, 9.17) is 15.2 Å². The summed E-state index contributed by atoms with van der Waals surface area (Å²) in [5.41, 5.74) is 7.04. The van der Waals surface area contributed by atoms with Crippen molar-refractivity contribution in [3.8, 4) is 5.75 Å². The van der Waals surface area contributed by atoms with Crippen LogP contribution in [0.5, 0.6) is 5.75 Å². The summed E-state index contributed by atoms with van der Waals surface area (Å²) in [4.78, 5) is 25.0. The molecule has 2 heterocycles. The Labute approximate surface area is 122 Å². The van der Waals surface area contributed by atoms with Gasteiger partial charge in [0.05, 0.1) is 6.54 Å². The lowest BCUT2D eigenvalue weighted by molar-refractivity contribution is -0.121. The Bertz CT molecular complexity index is 573. The first-order chi connectivity index (χ1) is 10.2. The van der Waals surface area contributed by atoms with Gasteiger partial charge in [0, 0.05) is 17.7 Å². The standard InChI is InChI=1S/C15H18N2O4/c16-5-1-2-13-8-17(15(19)21-13)11-3-4-14-10(6-11)7-12(18)9-20-14/h3-4,6,13H,1-2,5,7-9,16H2. The molecule has 1 amide bonds. The number of benzene rings is 1. The van der Waals surface area contributed by atoms with Crippen molar-refractivity contribution in [3.05, 3.63) is 23.8 Å². The molecule has 21 heavy (non-hydrogen) atoms. The molecule has 0 bridgehead atoms. The molecule has 112 valence electrons. The lowest BCUT2D eigenvalue weighted by Crippen LogP contribution is -2.26. The number of rotatable bonds is 4. The average molecular weight is 290 g/mol. The highest BCUT2D eigenvalue weighted by Gasteiger charge is 2.32. The van der Waals surface area contributed by atoms with Gasteiger partial charge in [-0.3, -0.25) is 9.69 Å². The molecule has 2 N–H and O–H groups in total. The van der Waals surface area contributed by atoms with Crippen molar-refractivity contribution in [2.75, 3.05) is 24.6 Å².